The number of hydrogen-bond acceptors (Lipinski definition) is 4. The molecular weight excluding hydrogens is 377 g/mol. The first-order valence-corrected chi connectivity index (χ1v) is 8.08. The van der Waals surface area contributed by atoms with Crippen LogP contribution in [0.4, 0.5) is 5.69 Å². The van der Waals surface area contributed by atoms with E-state index in [-0.39, 0.29) is 17.9 Å². The molecule has 8 heteroatoms. The zero-order chi connectivity index (χ0) is 17.7. The lowest BCUT2D eigenvalue weighted by atomic mass is 10.1. The Bertz CT molecular complexity index is 719. The van der Waals surface area contributed by atoms with Gasteiger partial charge < -0.3 is 4.74 Å². The molecule has 0 fully saturated rings. The van der Waals surface area contributed by atoms with Gasteiger partial charge in [0.15, 0.2) is 0 Å². The average Bonchev–Trinajstić information content (AvgIpc) is 2.59. The number of hydrogen-bond donors (Lipinski definition) is 0. The Morgan fingerprint density at radius 1 is 1.08 bits per heavy atom. The van der Waals surface area contributed by atoms with Gasteiger partial charge in [0.2, 0.25) is 0 Å². The van der Waals surface area contributed by atoms with Crippen LogP contribution in [0.5, 0.6) is 0 Å². The Hall–Kier alpha value is -1.82. The van der Waals surface area contributed by atoms with Gasteiger partial charge in [-0.3, -0.25) is 10.1 Å². The minimum Gasteiger partial charge on any atom is -0.460 e. The topological polar surface area (TPSA) is 69.4 Å². The normalized spacial score (nSPS) is 13.1. The highest BCUT2D eigenvalue weighted by Crippen LogP contribution is 2.29. The van der Waals surface area contributed by atoms with Crippen molar-refractivity contribution in [2.75, 3.05) is 6.61 Å². The maximum atomic E-state index is 11.9. The van der Waals surface area contributed by atoms with Crippen LogP contribution in [0.2, 0.25) is 5.02 Å². The summed E-state index contributed by atoms with van der Waals surface area (Å²) in [5.41, 5.74) is 0.847. The van der Waals surface area contributed by atoms with E-state index >= 15 is 0 Å². The van der Waals surface area contributed by atoms with Crippen LogP contribution < -0.4 is 0 Å². The summed E-state index contributed by atoms with van der Waals surface area (Å²) in [4.78, 5) is 22.0. The van der Waals surface area contributed by atoms with Crippen molar-refractivity contribution in [1.82, 2.24) is 0 Å². The quantitative estimate of drug-likeness (QED) is 0.302. The van der Waals surface area contributed by atoms with Crippen molar-refractivity contribution in [1.29, 1.82) is 0 Å². The molecule has 24 heavy (non-hydrogen) atoms. The molecule has 0 spiro atoms. The van der Waals surface area contributed by atoms with Gasteiger partial charge in [-0.2, -0.15) is 0 Å². The molecular formula is C16H12Cl3NO4. The monoisotopic (exact) mass is 387 g/mol. The molecule has 126 valence electrons. The van der Waals surface area contributed by atoms with Crippen LogP contribution in [0.1, 0.15) is 21.3 Å². The fraction of sp³-hybridized carbons (Fsp3) is 0.188. The number of alkyl halides is 2. The Kier molecular flexibility index (Phi) is 6.43. The van der Waals surface area contributed by atoms with Crippen molar-refractivity contribution in [2.24, 2.45) is 0 Å². The predicted octanol–water partition coefficient (Wildman–Crippen LogP) is 4.99. The number of nitrogens with zero attached hydrogens (tertiary/aromatic N) is 1. The standard InChI is InChI=1S/C16H12Cl3NO4/c17-12-5-1-10(2-6-12)15(19)14(18)9-24-16(21)11-3-7-13(8-4-11)20(22)23/h1-8,14-15H,9H2/t14-,15+/m0/s1. The molecule has 0 N–H and O–H groups in total. The smallest absolute Gasteiger partial charge is 0.338 e. The first-order valence-electron chi connectivity index (χ1n) is 6.83. The average molecular weight is 389 g/mol. The van der Waals surface area contributed by atoms with Gasteiger partial charge in [-0.15, -0.1) is 23.2 Å². The summed E-state index contributed by atoms with van der Waals surface area (Å²) in [5, 5.41) is 9.95. The molecule has 0 radical (unpaired) electrons. The molecule has 0 heterocycles. The Morgan fingerprint density at radius 2 is 1.67 bits per heavy atom. The number of benzene rings is 2. The van der Waals surface area contributed by atoms with Gasteiger partial charge in [0.1, 0.15) is 6.61 Å². The highest BCUT2D eigenvalue weighted by atomic mass is 35.5. The Labute approximate surface area is 153 Å². The Morgan fingerprint density at radius 3 is 2.21 bits per heavy atom. The molecule has 2 aromatic rings. The van der Waals surface area contributed by atoms with Crippen molar-refractivity contribution in [2.45, 2.75) is 10.8 Å². The lowest BCUT2D eigenvalue weighted by Gasteiger charge is -2.16. The number of carbonyl (C=O) groups is 1. The number of halogens is 3. The summed E-state index contributed by atoms with van der Waals surface area (Å²) in [7, 11) is 0. The fourth-order valence-electron chi connectivity index (χ4n) is 1.90. The third-order valence-electron chi connectivity index (χ3n) is 3.19. The fourth-order valence-corrected chi connectivity index (χ4v) is 2.45. The van der Waals surface area contributed by atoms with E-state index in [1.54, 1.807) is 24.3 Å². The van der Waals surface area contributed by atoms with Crippen LogP contribution in [0.3, 0.4) is 0 Å². The van der Waals surface area contributed by atoms with E-state index < -0.39 is 21.6 Å². The first kappa shape index (κ1) is 18.5. The molecule has 2 aromatic carbocycles. The van der Waals surface area contributed by atoms with Crippen molar-refractivity contribution in [3.05, 3.63) is 74.8 Å². The summed E-state index contributed by atoms with van der Waals surface area (Å²) >= 11 is 18.2. The molecule has 0 saturated carbocycles. The van der Waals surface area contributed by atoms with E-state index in [4.69, 9.17) is 39.5 Å². The van der Waals surface area contributed by atoms with Gasteiger partial charge in [-0.05, 0) is 29.8 Å². The molecule has 5 nitrogen and oxygen atoms in total. The summed E-state index contributed by atoms with van der Waals surface area (Å²) in [6, 6.07) is 12.0. The minimum absolute atomic E-state index is 0.103. The maximum absolute atomic E-state index is 11.9. The third kappa shape index (κ3) is 4.84. The van der Waals surface area contributed by atoms with Gasteiger partial charge in [-0.25, -0.2) is 4.79 Å². The van der Waals surface area contributed by atoms with Crippen molar-refractivity contribution in [3.8, 4) is 0 Å². The lowest BCUT2D eigenvalue weighted by molar-refractivity contribution is -0.384. The zero-order valence-electron chi connectivity index (χ0n) is 12.2. The van der Waals surface area contributed by atoms with Crippen LogP contribution in [0.25, 0.3) is 0 Å². The number of ether oxygens (including phenoxy) is 1. The maximum Gasteiger partial charge on any atom is 0.338 e. The molecule has 0 amide bonds. The van der Waals surface area contributed by atoms with Gasteiger partial charge in [-0.1, -0.05) is 23.7 Å². The van der Waals surface area contributed by atoms with Crippen LogP contribution in [0.15, 0.2) is 48.5 Å². The molecule has 0 unspecified atom stereocenters. The first-order chi connectivity index (χ1) is 11.4. The van der Waals surface area contributed by atoms with Crippen LogP contribution in [0, 0.1) is 10.1 Å². The van der Waals surface area contributed by atoms with Crippen LogP contribution in [-0.2, 0) is 4.74 Å². The highest BCUT2D eigenvalue weighted by Gasteiger charge is 2.21. The number of esters is 1. The number of nitro groups is 1. The largest absolute Gasteiger partial charge is 0.460 e. The second-order valence-electron chi connectivity index (χ2n) is 4.87. The van der Waals surface area contributed by atoms with Gasteiger partial charge in [0.25, 0.3) is 5.69 Å². The number of rotatable bonds is 6. The molecule has 0 aromatic heterocycles. The predicted molar refractivity (Wildman–Crippen MR) is 93.1 cm³/mol. The number of non-ortho nitro benzene ring substituents is 1. The molecule has 0 aliphatic rings. The molecule has 0 aliphatic carbocycles. The van der Waals surface area contributed by atoms with Gasteiger partial charge in [0.05, 0.1) is 21.2 Å². The molecule has 0 bridgehead atoms. The van der Waals surface area contributed by atoms with E-state index in [1.165, 1.54) is 24.3 Å². The second kappa shape index (κ2) is 8.33. The van der Waals surface area contributed by atoms with Gasteiger partial charge >= 0.3 is 5.97 Å². The van der Waals surface area contributed by atoms with Crippen molar-refractivity contribution >= 4 is 46.5 Å². The van der Waals surface area contributed by atoms with E-state index in [1.807, 2.05) is 0 Å². The van der Waals surface area contributed by atoms with E-state index in [9.17, 15) is 14.9 Å². The third-order valence-corrected chi connectivity index (χ3v) is 4.51. The SMILES string of the molecule is O=C(OC[C@H](Cl)[C@H](Cl)c1ccc(Cl)cc1)c1ccc([N+](=O)[O-])cc1. The summed E-state index contributed by atoms with van der Waals surface area (Å²) in [6.07, 6.45) is 0. The zero-order valence-corrected chi connectivity index (χ0v) is 14.5. The Balaban J connectivity index is 1.92. The van der Waals surface area contributed by atoms with E-state index in [0.29, 0.717) is 5.02 Å². The van der Waals surface area contributed by atoms with Crippen LogP contribution in [-0.4, -0.2) is 22.9 Å². The van der Waals surface area contributed by atoms with E-state index in [0.717, 1.165) is 5.56 Å². The summed E-state index contributed by atoms with van der Waals surface area (Å²) < 4.78 is 5.11. The summed E-state index contributed by atoms with van der Waals surface area (Å²) in [5.74, 6) is -0.629. The molecule has 0 aliphatic heterocycles. The van der Waals surface area contributed by atoms with Crippen molar-refractivity contribution in [3.63, 3.8) is 0 Å². The minimum atomic E-state index is -0.644. The van der Waals surface area contributed by atoms with E-state index in [2.05, 4.69) is 0 Å². The second-order valence-corrected chi connectivity index (χ2v) is 6.34. The summed E-state index contributed by atoms with van der Waals surface area (Å²) in [6.45, 7) is -0.103. The van der Waals surface area contributed by atoms with Crippen molar-refractivity contribution < 1.29 is 14.5 Å². The van der Waals surface area contributed by atoms with Gasteiger partial charge in [0, 0.05) is 17.2 Å². The van der Waals surface area contributed by atoms with Crippen LogP contribution >= 0.6 is 34.8 Å². The molecule has 2 rings (SSSR count). The molecule has 0 saturated heterocycles. The number of nitro benzene ring substituents is 1. The number of carbonyl (C=O) groups excluding carboxylic acids is 1. The highest BCUT2D eigenvalue weighted by molar-refractivity contribution is 6.31. The molecule has 2 atom stereocenters. The lowest BCUT2D eigenvalue weighted by Crippen LogP contribution is -2.18.